The van der Waals surface area contributed by atoms with Crippen LogP contribution >= 0.6 is 0 Å². The van der Waals surface area contributed by atoms with E-state index in [1.165, 1.54) is 0 Å². The molecule has 1 saturated heterocycles. The molecule has 156 valence electrons. The maximum Gasteiger partial charge on any atom is 0.200 e. The van der Waals surface area contributed by atoms with E-state index >= 15 is 0 Å². The van der Waals surface area contributed by atoms with Crippen LogP contribution in [0.1, 0.15) is 63.9 Å². The molecule has 1 heterocycles. The molecular formula is C23H32F2O3. The largest absolute Gasteiger partial charge is 0.491 e. The predicted molar refractivity (Wildman–Crippen MR) is 106 cm³/mol. The van der Waals surface area contributed by atoms with Gasteiger partial charge in [0.1, 0.15) is 0 Å². The average molecular weight is 395 g/mol. The van der Waals surface area contributed by atoms with E-state index in [2.05, 4.69) is 6.08 Å². The normalized spacial score (nSPS) is 28.6. The maximum absolute atomic E-state index is 14.4. The minimum atomic E-state index is -0.869. The van der Waals surface area contributed by atoms with Gasteiger partial charge in [-0.3, -0.25) is 0 Å². The molecule has 0 spiro atoms. The van der Waals surface area contributed by atoms with E-state index in [0.29, 0.717) is 18.1 Å². The molecule has 1 aromatic rings. The Labute approximate surface area is 167 Å². The molecule has 0 bridgehead atoms. The van der Waals surface area contributed by atoms with Crippen LogP contribution < -0.4 is 4.74 Å². The molecule has 1 aromatic carbocycles. The van der Waals surface area contributed by atoms with Crippen LogP contribution in [0.5, 0.6) is 5.75 Å². The Morgan fingerprint density at radius 1 is 1.07 bits per heavy atom. The van der Waals surface area contributed by atoms with Crippen molar-refractivity contribution in [2.24, 2.45) is 5.92 Å². The molecule has 2 aliphatic rings. The van der Waals surface area contributed by atoms with Gasteiger partial charge in [0.15, 0.2) is 11.6 Å². The van der Waals surface area contributed by atoms with Crippen LogP contribution in [0.25, 0.3) is 0 Å². The van der Waals surface area contributed by atoms with E-state index in [0.717, 1.165) is 51.7 Å². The van der Waals surface area contributed by atoms with Crippen molar-refractivity contribution in [3.8, 4) is 5.75 Å². The predicted octanol–water partition coefficient (Wildman–Crippen LogP) is 5.78. The quantitative estimate of drug-likeness (QED) is 0.549. The first-order valence-electron chi connectivity index (χ1n) is 10.6. The Bertz CT molecular complexity index is 645. The summed E-state index contributed by atoms with van der Waals surface area (Å²) >= 11 is 0. The van der Waals surface area contributed by atoms with E-state index in [1.54, 1.807) is 19.1 Å². The molecule has 28 heavy (non-hydrogen) atoms. The zero-order chi connectivity index (χ0) is 19.9. The number of halogens is 2. The minimum absolute atomic E-state index is 0.00728. The van der Waals surface area contributed by atoms with Gasteiger partial charge in [0.25, 0.3) is 0 Å². The van der Waals surface area contributed by atoms with Crippen LogP contribution in [0.3, 0.4) is 0 Å². The third kappa shape index (κ3) is 5.32. The second-order valence-electron chi connectivity index (χ2n) is 7.86. The summed E-state index contributed by atoms with van der Waals surface area (Å²) in [5.74, 6) is -1.13. The molecule has 2 fully saturated rings. The highest BCUT2D eigenvalue weighted by atomic mass is 19.2. The summed E-state index contributed by atoms with van der Waals surface area (Å²) in [4.78, 5) is 0. The molecule has 3 nitrogen and oxygen atoms in total. The lowest BCUT2D eigenvalue weighted by atomic mass is 9.82. The summed E-state index contributed by atoms with van der Waals surface area (Å²) in [6, 6.07) is 3.22. The van der Waals surface area contributed by atoms with Crippen LogP contribution in [0.2, 0.25) is 0 Å². The van der Waals surface area contributed by atoms with Gasteiger partial charge in [0.05, 0.1) is 32.0 Å². The smallest absolute Gasteiger partial charge is 0.200 e. The Kier molecular flexibility index (Phi) is 7.86. The lowest BCUT2D eigenvalue weighted by Gasteiger charge is -2.32. The summed E-state index contributed by atoms with van der Waals surface area (Å²) in [6.45, 7) is 5.57. The number of hydrogen-bond acceptors (Lipinski definition) is 3. The lowest BCUT2D eigenvalue weighted by molar-refractivity contribution is -0.0503. The number of benzene rings is 1. The number of ether oxygens (including phenoxy) is 3. The van der Waals surface area contributed by atoms with Gasteiger partial charge in [0, 0.05) is 5.92 Å². The van der Waals surface area contributed by atoms with E-state index in [9.17, 15) is 8.78 Å². The highest BCUT2D eigenvalue weighted by Crippen LogP contribution is 2.37. The van der Waals surface area contributed by atoms with Crippen LogP contribution in [-0.2, 0) is 9.47 Å². The van der Waals surface area contributed by atoms with Gasteiger partial charge in [-0.1, -0.05) is 18.2 Å². The fourth-order valence-corrected chi connectivity index (χ4v) is 4.27. The van der Waals surface area contributed by atoms with Crippen molar-refractivity contribution in [2.75, 3.05) is 19.8 Å². The molecule has 1 saturated carbocycles. The first kappa shape index (κ1) is 21.3. The highest BCUT2D eigenvalue weighted by molar-refractivity contribution is 5.33. The van der Waals surface area contributed by atoms with Crippen LogP contribution in [0, 0.1) is 17.6 Å². The second-order valence-corrected chi connectivity index (χ2v) is 7.86. The lowest BCUT2D eigenvalue weighted by Crippen LogP contribution is -2.30. The van der Waals surface area contributed by atoms with Crippen molar-refractivity contribution in [3.63, 3.8) is 0 Å². The van der Waals surface area contributed by atoms with E-state index < -0.39 is 11.6 Å². The van der Waals surface area contributed by atoms with E-state index in [4.69, 9.17) is 14.2 Å². The SMILES string of the molecule is CC=CC1CCC(COC2CCC(c3ccc(OCC)c(F)c3F)CC2)CO1. The zero-order valence-electron chi connectivity index (χ0n) is 17.0. The maximum atomic E-state index is 14.4. The first-order chi connectivity index (χ1) is 13.6. The van der Waals surface area contributed by atoms with Crippen molar-refractivity contribution >= 4 is 0 Å². The molecule has 2 unspecified atom stereocenters. The Hall–Kier alpha value is -1.46. The monoisotopic (exact) mass is 394 g/mol. The van der Waals surface area contributed by atoms with Crippen molar-refractivity contribution in [3.05, 3.63) is 41.5 Å². The molecular weight excluding hydrogens is 362 g/mol. The molecule has 0 amide bonds. The summed E-state index contributed by atoms with van der Waals surface area (Å²) in [6.07, 6.45) is 10.2. The summed E-state index contributed by atoms with van der Waals surface area (Å²) in [5, 5.41) is 0. The average Bonchev–Trinajstić information content (AvgIpc) is 2.72. The fraction of sp³-hybridized carbons (Fsp3) is 0.652. The van der Waals surface area contributed by atoms with Gasteiger partial charge in [-0.15, -0.1) is 0 Å². The van der Waals surface area contributed by atoms with Crippen LogP contribution in [-0.4, -0.2) is 32.0 Å². The van der Waals surface area contributed by atoms with E-state index in [1.807, 2.05) is 13.0 Å². The molecule has 3 rings (SSSR count). The highest BCUT2D eigenvalue weighted by Gasteiger charge is 2.28. The minimum Gasteiger partial charge on any atom is -0.491 e. The molecule has 0 N–H and O–H groups in total. The van der Waals surface area contributed by atoms with Gasteiger partial charge >= 0.3 is 0 Å². The molecule has 0 aromatic heterocycles. The summed E-state index contributed by atoms with van der Waals surface area (Å²) < 4.78 is 45.7. The Morgan fingerprint density at radius 2 is 1.86 bits per heavy atom. The summed E-state index contributed by atoms with van der Waals surface area (Å²) in [5.41, 5.74) is 0.468. The molecule has 1 aliphatic carbocycles. The zero-order valence-corrected chi connectivity index (χ0v) is 17.0. The van der Waals surface area contributed by atoms with Crippen LogP contribution in [0.15, 0.2) is 24.3 Å². The molecule has 1 aliphatic heterocycles. The van der Waals surface area contributed by atoms with Crippen molar-refractivity contribution in [1.29, 1.82) is 0 Å². The van der Waals surface area contributed by atoms with Crippen molar-refractivity contribution in [2.45, 2.75) is 70.5 Å². The van der Waals surface area contributed by atoms with Gasteiger partial charge in [-0.05, 0) is 69.9 Å². The first-order valence-corrected chi connectivity index (χ1v) is 10.6. The standard InChI is InChI=1S/C23H32F2O3/c1-3-5-18-9-6-16(14-27-18)15-28-19-10-7-17(8-11-19)20-12-13-21(26-4-2)23(25)22(20)24/h3,5,12-13,16-19H,4,6-11,14-15H2,1-2H3. The Morgan fingerprint density at radius 3 is 2.50 bits per heavy atom. The molecule has 2 atom stereocenters. The second kappa shape index (κ2) is 10.4. The third-order valence-electron chi connectivity index (χ3n) is 5.87. The van der Waals surface area contributed by atoms with Crippen molar-refractivity contribution in [1.82, 2.24) is 0 Å². The molecule has 5 heteroatoms. The van der Waals surface area contributed by atoms with E-state index in [-0.39, 0.29) is 23.9 Å². The van der Waals surface area contributed by atoms with Gasteiger partial charge in [-0.25, -0.2) is 4.39 Å². The fourth-order valence-electron chi connectivity index (χ4n) is 4.27. The number of rotatable bonds is 7. The number of allylic oxidation sites excluding steroid dienone is 1. The van der Waals surface area contributed by atoms with Gasteiger partial charge in [-0.2, -0.15) is 4.39 Å². The van der Waals surface area contributed by atoms with Crippen molar-refractivity contribution < 1.29 is 23.0 Å². The Balaban J connectivity index is 1.44. The topological polar surface area (TPSA) is 27.7 Å². The number of hydrogen-bond donors (Lipinski definition) is 0. The third-order valence-corrected chi connectivity index (χ3v) is 5.87. The van der Waals surface area contributed by atoms with Gasteiger partial charge in [0.2, 0.25) is 5.82 Å². The van der Waals surface area contributed by atoms with Crippen LogP contribution in [0.4, 0.5) is 8.78 Å². The molecule has 0 radical (unpaired) electrons. The summed E-state index contributed by atoms with van der Waals surface area (Å²) in [7, 11) is 0. The van der Waals surface area contributed by atoms with Gasteiger partial charge < -0.3 is 14.2 Å².